The Hall–Kier alpha value is -0.940. The quantitative estimate of drug-likeness (QED) is 0.894. The summed E-state index contributed by atoms with van der Waals surface area (Å²) in [7, 11) is 0. The fourth-order valence-electron chi connectivity index (χ4n) is 1.96. The summed E-state index contributed by atoms with van der Waals surface area (Å²) < 4.78 is 0. The van der Waals surface area contributed by atoms with Gasteiger partial charge in [-0.15, -0.1) is 22.7 Å². The number of hydrogen-bond acceptors (Lipinski definition) is 5. The minimum absolute atomic E-state index is 0.695. The minimum atomic E-state index is 0.695. The number of thiazole rings is 2. The van der Waals surface area contributed by atoms with Crippen molar-refractivity contribution in [1.29, 1.82) is 0 Å². The van der Waals surface area contributed by atoms with Crippen LogP contribution in [0.2, 0.25) is 0 Å². The summed E-state index contributed by atoms with van der Waals surface area (Å²) in [5, 5.41) is 7.68. The van der Waals surface area contributed by atoms with Crippen LogP contribution < -0.4 is 5.32 Å². The van der Waals surface area contributed by atoms with Crippen molar-refractivity contribution in [2.45, 2.75) is 39.0 Å². The van der Waals surface area contributed by atoms with Crippen LogP contribution >= 0.6 is 22.7 Å². The maximum absolute atomic E-state index is 4.79. The van der Waals surface area contributed by atoms with E-state index < -0.39 is 0 Å². The van der Waals surface area contributed by atoms with Crippen LogP contribution in [0.3, 0.4) is 0 Å². The predicted molar refractivity (Wildman–Crippen MR) is 78.7 cm³/mol. The molecule has 1 fully saturated rings. The first-order valence-corrected chi connectivity index (χ1v) is 8.20. The zero-order valence-electron chi connectivity index (χ0n) is 10.7. The molecule has 0 radical (unpaired) electrons. The van der Waals surface area contributed by atoms with Gasteiger partial charge in [0.25, 0.3) is 0 Å². The van der Waals surface area contributed by atoms with Gasteiger partial charge in [-0.05, 0) is 26.2 Å². The lowest BCUT2D eigenvalue weighted by Crippen LogP contribution is -1.95. The molecule has 1 N–H and O–H groups in total. The summed E-state index contributed by atoms with van der Waals surface area (Å²) in [5.74, 6) is 0.695. The Morgan fingerprint density at radius 2 is 2.17 bits per heavy atom. The number of aromatic nitrogens is 2. The first kappa shape index (κ1) is 12.1. The molecule has 3 rings (SSSR count). The topological polar surface area (TPSA) is 37.8 Å². The summed E-state index contributed by atoms with van der Waals surface area (Å²) in [6.07, 6.45) is 3.61. The van der Waals surface area contributed by atoms with Crippen molar-refractivity contribution in [3.8, 4) is 10.6 Å². The van der Waals surface area contributed by atoms with E-state index >= 15 is 0 Å². The standard InChI is InChI=1S/C13H17N3S2/c1-3-10-16-11(8-5-6-8)12(18-10)9-7-17-13(15-9)14-4-2/h7-8H,3-6H2,1-2H3,(H,14,15). The number of hydrogen-bond donors (Lipinski definition) is 1. The lowest BCUT2D eigenvalue weighted by Gasteiger charge is -1.96. The molecule has 2 aromatic rings. The highest BCUT2D eigenvalue weighted by Gasteiger charge is 2.30. The molecule has 3 nitrogen and oxygen atoms in total. The summed E-state index contributed by atoms with van der Waals surface area (Å²) >= 11 is 3.50. The molecule has 0 unspecified atom stereocenters. The third-order valence-corrected chi connectivity index (χ3v) is 5.07. The Labute approximate surface area is 115 Å². The van der Waals surface area contributed by atoms with Crippen LogP contribution in [0.15, 0.2) is 5.38 Å². The minimum Gasteiger partial charge on any atom is -0.362 e. The zero-order valence-corrected chi connectivity index (χ0v) is 12.3. The molecular formula is C13H17N3S2. The molecule has 18 heavy (non-hydrogen) atoms. The lowest BCUT2D eigenvalue weighted by atomic mass is 10.2. The second-order valence-electron chi connectivity index (χ2n) is 4.52. The second-order valence-corrected chi connectivity index (χ2v) is 6.46. The monoisotopic (exact) mass is 279 g/mol. The molecule has 0 aliphatic heterocycles. The van der Waals surface area contributed by atoms with Crippen LogP contribution in [0.1, 0.15) is 43.3 Å². The van der Waals surface area contributed by atoms with Crippen molar-refractivity contribution in [2.75, 3.05) is 11.9 Å². The lowest BCUT2D eigenvalue weighted by molar-refractivity contribution is 0.994. The molecule has 0 spiro atoms. The normalized spacial score (nSPS) is 15.0. The Bertz CT molecular complexity index is 540. The molecule has 0 saturated heterocycles. The van der Waals surface area contributed by atoms with Crippen molar-refractivity contribution >= 4 is 27.8 Å². The van der Waals surface area contributed by atoms with Gasteiger partial charge in [-0.25, -0.2) is 9.97 Å². The predicted octanol–water partition coefficient (Wildman–Crippen LogP) is 4.14. The summed E-state index contributed by atoms with van der Waals surface area (Å²) in [6, 6.07) is 0. The molecular weight excluding hydrogens is 262 g/mol. The van der Waals surface area contributed by atoms with Crippen LogP contribution in [-0.2, 0) is 6.42 Å². The van der Waals surface area contributed by atoms with Gasteiger partial charge in [-0.1, -0.05) is 6.92 Å². The van der Waals surface area contributed by atoms with Gasteiger partial charge in [0.15, 0.2) is 5.13 Å². The number of nitrogens with one attached hydrogen (secondary N) is 1. The SMILES string of the molecule is CCNc1nc(-c2sc(CC)nc2C2CC2)cs1. The van der Waals surface area contributed by atoms with Gasteiger partial charge >= 0.3 is 0 Å². The van der Waals surface area contributed by atoms with Crippen molar-refractivity contribution < 1.29 is 0 Å². The van der Waals surface area contributed by atoms with Gasteiger partial charge in [-0.3, -0.25) is 0 Å². The first-order chi connectivity index (χ1) is 8.81. The van der Waals surface area contributed by atoms with Gasteiger partial charge in [0, 0.05) is 17.8 Å². The van der Waals surface area contributed by atoms with Crippen molar-refractivity contribution in [3.63, 3.8) is 0 Å². The smallest absolute Gasteiger partial charge is 0.183 e. The average molecular weight is 279 g/mol. The number of aryl methyl sites for hydroxylation is 1. The van der Waals surface area contributed by atoms with E-state index in [1.807, 2.05) is 11.3 Å². The van der Waals surface area contributed by atoms with Gasteiger partial charge in [0.2, 0.25) is 0 Å². The van der Waals surface area contributed by atoms with Crippen molar-refractivity contribution in [3.05, 3.63) is 16.1 Å². The molecule has 1 aliphatic carbocycles. The Kier molecular flexibility index (Phi) is 3.35. The second kappa shape index (κ2) is 4.97. The third-order valence-electron chi connectivity index (χ3n) is 3.03. The zero-order chi connectivity index (χ0) is 12.5. The van der Waals surface area contributed by atoms with Crippen LogP contribution in [0.25, 0.3) is 10.6 Å². The van der Waals surface area contributed by atoms with Gasteiger partial charge in [0.1, 0.15) is 0 Å². The Morgan fingerprint density at radius 3 is 2.83 bits per heavy atom. The molecule has 2 aromatic heterocycles. The van der Waals surface area contributed by atoms with Crippen molar-refractivity contribution in [2.24, 2.45) is 0 Å². The molecule has 0 bridgehead atoms. The fourth-order valence-corrected chi connectivity index (χ4v) is 3.85. The average Bonchev–Trinajstić information content (AvgIpc) is 2.97. The van der Waals surface area contributed by atoms with Crippen LogP contribution in [0, 0.1) is 0 Å². The molecule has 0 amide bonds. The van der Waals surface area contributed by atoms with Crippen LogP contribution in [0.5, 0.6) is 0 Å². The van der Waals surface area contributed by atoms with Gasteiger partial charge in [-0.2, -0.15) is 0 Å². The third kappa shape index (κ3) is 2.29. The van der Waals surface area contributed by atoms with E-state index in [2.05, 4.69) is 29.5 Å². The Morgan fingerprint density at radius 1 is 1.33 bits per heavy atom. The Balaban J connectivity index is 1.95. The van der Waals surface area contributed by atoms with E-state index in [9.17, 15) is 0 Å². The van der Waals surface area contributed by atoms with E-state index in [1.54, 1.807) is 11.3 Å². The van der Waals surface area contributed by atoms with E-state index in [4.69, 9.17) is 4.98 Å². The molecule has 0 aromatic carbocycles. The summed E-state index contributed by atoms with van der Waals surface area (Å²) in [4.78, 5) is 10.8. The summed E-state index contributed by atoms with van der Waals surface area (Å²) in [6.45, 7) is 5.19. The highest BCUT2D eigenvalue weighted by atomic mass is 32.1. The van der Waals surface area contributed by atoms with E-state index in [-0.39, 0.29) is 0 Å². The van der Waals surface area contributed by atoms with Crippen LogP contribution in [0.4, 0.5) is 5.13 Å². The van der Waals surface area contributed by atoms with Gasteiger partial charge < -0.3 is 5.32 Å². The van der Waals surface area contributed by atoms with Crippen molar-refractivity contribution in [1.82, 2.24) is 9.97 Å². The molecule has 1 saturated carbocycles. The summed E-state index contributed by atoms with van der Waals surface area (Å²) in [5.41, 5.74) is 2.40. The molecule has 1 aliphatic rings. The van der Waals surface area contributed by atoms with Gasteiger partial charge in [0.05, 0.1) is 21.3 Å². The highest BCUT2D eigenvalue weighted by molar-refractivity contribution is 7.16. The van der Waals surface area contributed by atoms with E-state index in [1.165, 1.54) is 28.4 Å². The maximum atomic E-state index is 4.79. The molecule has 0 atom stereocenters. The highest BCUT2D eigenvalue weighted by Crippen LogP contribution is 2.46. The van der Waals surface area contributed by atoms with E-state index in [0.29, 0.717) is 5.92 Å². The molecule has 96 valence electrons. The van der Waals surface area contributed by atoms with Crippen LogP contribution in [-0.4, -0.2) is 16.5 Å². The maximum Gasteiger partial charge on any atom is 0.183 e. The molecule has 5 heteroatoms. The molecule has 2 heterocycles. The largest absolute Gasteiger partial charge is 0.362 e. The first-order valence-electron chi connectivity index (χ1n) is 6.51. The fraction of sp³-hybridized carbons (Fsp3) is 0.538. The number of nitrogens with zero attached hydrogens (tertiary/aromatic N) is 2. The van der Waals surface area contributed by atoms with E-state index in [0.717, 1.165) is 23.8 Å². The number of rotatable bonds is 5. The number of anilines is 1.